The maximum Gasteiger partial charge on any atom is 0.347 e. The van der Waals surface area contributed by atoms with Crippen LogP contribution in [0.3, 0.4) is 0 Å². The van der Waals surface area contributed by atoms with Crippen LogP contribution in [0.25, 0.3) is 0 Å². The zero-order chi connectivity index (χ0) is 12.4. The smallest absolute Gasteiger partial charge is 0.347 e. The van der Waals surface area contributed by atoms with Crippen molar-refractivity contribution in [3.63, 3.8) is 0 Å². The third-order valence-electron chi connectivity index (χ3n) is 2.05. The first kappa shape index (κ1) is 11.3. The summed E-state index contributed by atoms with van der Waals surface area (Å²) in [5, 5.41) is 10.7. The summed E-state index contributed by atoms with van der Waals surface area (Å²) in [6.45, 7) is 1.84. The zero-order valence-electron chi connectivity index (χ0n) is 8.91. The molecule has 1 aromatic carbocycles. The molecule has 0 aliphatic carbocycles. The number of hydrogen-bond acceptors (Lipinski definition) is 6. The fraction of sp³-hybridized carbons (Fsp3) is 0.100. The summed E-state index contributed by atoms with van der Waals surface area (Å²) in [7, 11) is 0. The van der Waals surface area contributed by atoms with Gasteiger partial charge in [0.15, 0.2) is 0 Å². The van der Waals surface area contributed by atoms with E-state index in [0.29, 0.717) is 11.4 Å². The van der Waals surface area contributed by atoms with Crippen molar-refractivity contribution in [3.05, 3.63) is 40.1 Å². The third-order valence-corrected chi connectivity index (χ3v) is 2.88. The lowest BCUT2D eigenvalue weighted by Gasteiger charge is -2.05. The van der Waals surface area contributed by atoms with E-state index in [1.54, 1.807) is 18.2 Å². The highest BCUT2D eigenvalue weighted by molar-refractivity contribution is 7.16. The van der Waals surface area contributed by atoms with Gasteiger partial charge in [0.25, 0.3) is 5.19 Å². The van der Waals surface area contributed by atoms with E-state index in [-0.39, 0.29) is 10.2 Å². The number of anilines is 1. The summed E-state index contributed by atoms with van der Waals surface area (Å²) >= 11 is 0.885. The third kappa shape index (κ3) is 2.51. The van der Waals surface area contributed by atoms with E-state index in [1.165, 1.54) is 6.20 Å². The lowest BCUT2D eigenvalue weighted by molar-refractivity contribution is -0.380. The summed E-state index contributed by atoms with van der Waals surface area (Å²) in [4.78, 5) is 13.8. The minimum Gasteiger partial charge on any atom is -0.430 e. The largest absolute Gasteiger partial charge is 0.430 e. The maximum absolute atomic E-state index is 10.5. The molecule has 1 heterocycles. The van der Waals surface area contributed by atoms with Crippen molar-refractivity contribution in [1.82, 2.24) is 4.98 Å². The van der Waals surface area contributed by atoms with Crippen LogP contribution in [0.1, 0.15) is 5.56 Å². The standard InChI is InChI=1S/C10H9N3O3S/c1-6-4-7(11)2-3-8(6)16-10-12-5-9(17-10)13(14)15/h2-5H,11H2,1H3. The molecule has 0 spiro atoms. The van der Waals surface area contributed by atoms with E-state index in [2.05, 4.69) is 4.98 Å². The molecule has 2 aromatic rings. The van der Waals surface area contributed by atoms with E-state index in [9.17, 15) is 10.1 Å². The minimum absolute atomic E-state index is 0.0481. The second-order valence-corrected chi connectivity index (χ2v) is 4.32. The van der Waals surface area contributed by atoms with Gasteiger partial charge in [0.2, 0.25) is 0 Å². The highest BCUT2D eigenvalue weighted by Gasteiger charge is 2.13. The van der Waals surface area contributed by atoms with Crippen molar-refractivity contribution >= 4 is 22.0 Å². The normalized spacial score (nSPS) is 10.2. The van der Waals surface area contributed by atoms with Crippen LogP contribution in [-0.2, 0) is 0 Å². The van der Waals surface area contributed by atoms with Crippen LogP contribution in [0.15, 0.2) is 24.4 Å². The van der Waals surface area contributed by atoms with Crippen molar-refractivity contribution in [3.8, 4) is 10.9 Å². The Bertz CT molecular complexity index is 568. The Kier molecular flexibility index (Phi) is 2.92. The van der Waals surface area contributed by atoms with Gasteiger partial charge in [0.05, 0.1) is 4.92 Å². The second kappa shape index (κ2) is 4.38. The lowest BCUT2D eigenvalue weighted by atomic mass is 10.2. The monoisotopic (exact) mass is 251 g/mol. The van der Waals surface area contributed by atoms with Crippen LogP contribution in [0.5, 0.6) is 10.9 Å². The summed E-state index contributed by atoms with van der Waals surface area (Å²) in [5.41, 5.74) is 7.10. The fourth-order valence-corrected chi connectivity index (χ4v) is 1.86. The average molecular weight is 251 g/mol. The number of nitrogens with two attached hydrogens (primary N) is 1. The molecule has 2 rings (SSSR count). The molecule has 88 valence electrons. The number of hydrogen-bond donors (Lipinski definition) is 1. The maximum atomic E-state index is 10.5. The first-order valence-corrected chi connectivity index (χ1v) is 5.52. The number of aryl methyl sites for hydroxylation is 1. The number of rotatable bonds is 3. The van der Waals surface area contributed by atoms with Gasteiger partial charge < -0.3 is 10.5 Å². The minimum atomic E-state index is -0.500. The van der Waals surface area contributed by atoms with Crippen molar-refractivity contribution < 1.29 is 9.66 Å². The van der Waals surface area contributed by atoms with Crippen molar-refractivity contribution in [2.45, 2.75) is 6.92 Å². The van der Waals surface area contributed by atoms with Gasteiger partial charge in [-0.2, -0.15) is 0 Å². The van der Waals surface area contributed by atoms with E-state index in [1.807, 2.05) is 6.92 Å². The van der Waals surface area contributed by atoms with Crippen molar-refractivity contribution in [2.24, 2.45) is 0 Å². The molecule has 0 saturated carbocycles. The van der Waals surface area contributed by atoms with Gasteiger partial charge in [-0.25, -0.2) is 4.98 Å². The van der Waals surface area contributed by atoms with Crippen LogP contribution >= 0.6 is 11.3 Å². The van der Waals surface area contributed by atoms with Gasteiger partial charge in [0.1, 0.15) is 11.9 Å². The van der Waals surface area contributed by atoms with Gasteiger partial charge >= 0.3 is 5.00 Å². The van der Waals surface area contributed by atoms with Crippen LogP contribution in [0.4, 0.5) is 10.7 Å². The van der Waals surface area contributed by atoms with Crippen LogP contribution in [-0.4, -0.2) is 9.91 Å². The van der Waals surface area contributed by atoms with Crippen molar-refractivity contribution in [2.75, 3.05) is 5.73 Å². The predicted octanol–water partition coefficient (Wildman–Crippen LogP) is 2.73. The lowest BCUT2D eigenvalue weighted by Crippen LogP contribution is -1.89. The molecule has 0 amide bonds. The zero-order valence-corrected chi connectivity index (χ0v) is 9.73. The van der Waals surface area contributed by atoms with Gasteiger partial charge in [0, 0.05) is 5.69 Å². The number of benzene rings is 1. The molecular weight excluding hydrogens is 242 g/mol. The Morgan fingerprint density at radius 1 is 1.53 bits per heavy atom. The second-order valence-electron chi connectivity index (χ2n) is 3.35. The van der Waals surface area contributed by atoms with Gasteiger partial charge in [-0.3, -0.25) is 10.1 Å². The first-order chi connectivity index (χ1) is 8.06. The fourth-order valence-electron chi connectivity index (χ4n) is 1.26. The topological polar surface area (TPSA) is 91.3 Å². The van der Waals surface area contributed by atoms with Gasteiger partial charge in [-0.1, -0.05) is 0 Å². The summed E-state index contributed by atoms with van der Waals surface area (Å²) in [6.07, 6.45) is 1.17. The molecule has 0 aliphatic heterocycles. The SMILES string of the molecule is Cc1cc(N)ccc1Oc1ncc([N+](=O)[O-])s1. The Hall–Kier alpha value is -2.15. The highest BCUT2D eigenvalue weighted by atomic mass is 32.1. The Morgan fingerprint density at radius 2 is 2.29 bits per heavy atom. The first-order valence-electron chi connectivity index (χ1n) is 4.70. The van der Waals surface area contributed by atoms with Crippen LogP contribution < -0.4 is 10.5 Å². The molecule has 0 atom stereocenters. The number of aromatic nitrogens is 1. The molecule has 0 aliphatic rings. The highest BCUT2D eigenvalue weighted by Crippen LogP contribution is 2.32. The number of nitrogens with zero attached hydrogens (tertiary/aromatic N) is 2. The van der Waals surface area contributed by atoms with E-state index in [4.69, 9.17) is 10.5 Å². The summed E-state index contributed by atoms with van der Waals surface area (Å²) < 4.78 is 5.44. The predicted molar refractivity (Wildman–Crippen MR) is 64.4 cm³/mol. The quantitative estimate of drug-likeness (QED) is 0.514. The average Bonchev–Trinajstić information content (AvgIpc) is 2.71. The van der Waals surface area contributed by atoms with Gasteiger partial charge in [-0.15, -0.1) is 0 Å². The molecule has 0 saturated heterocycles. The molecule has 0 unspecified atom stereocenters. The molecule has 1 aromatic heterocycles. The molecule has 17 heavy (non-hydrogen) atoms. The molecule has 7 heteroatoms. The van der Waals surface area contributed by atoms with Gasteiger partial charge in [-0.05, 0) is 42.0 Å². The van der Waals surface area contributed by atoms with Crippen LogP contribution in [0.2, 0.25) is 0 Å². The van der Waals surface area contributed by atoms with E-state index >= 15 is 0 Å². The molecular formula is C10H9N3O3S. The number of ether oxygens (including phenoxy) is 1. The van der Waals surface area contributed by atoms with Crippen LogP contribution in [0, 0.1) is 17.0 Å². The Labute approximate surface area is 101 Å². The molecule has 0 radical (unpaired) electrons. The van der Waals surface area contributed by atoms with Crippen molar-refractivity contribution in [1.29, 1.82) is 0 Å². The number of thiazole rings is 1. The molecule has 6 nitrogen and oxygen atoms in total. The number of nitrogen functional groups attached to an aromatic ring is 1. The molecule has 0 fully saturated rings. The Morgan fingerprint density at radius 3 is 2.88 bits per heavy atom. The molecule has 2 N–H and O–H groups in total. The molecule has 0 bridgehead atoms. The Balaban J connectivity index is 2.22. The van der Waals surface area contributed by atoms with E-state index in [0.717, 1.165) is 16.9 Å². The number of nitro groups is 1. The summed E-state index contributed by atoms with van der Waals surface area (Å²) in [6, 6.07) is 5.17. The summed E-state index contributed by atoms with van der Waals surface area (Å²) in [5.74, 6) is 0.587. The van der Waals surface area contributed by atoms with E-state index < -0.39 is 4.92 Å².